The van der Waals surface area contributed by atoms with Crippen LogP contribution < -0.4 is 5.73 Å². The van der Waals surface area contributed by atoms with Crippen molar-refractivity contribution < 1.29 is 19.1 Å². The molecule has 2 heterocycles. The molecule has 2 aliphatic heterocycles. The molecule has 2 rings (SSSR count). The Morgan fingerprint density at radius 2 is 1.84 bits per heavy atom. The molecule has 2 N–H and O–H groups in total. The molecule has 142 valence electrons. The van der Waals surface area contributed by atoms with Crippen molar-refractivity contribution in [3.05, 3.63) is 0 Å². The minimum atomic E-state index is -1.54. The second-order valence-corrected chi connectivity index (χ2v) is 7.63. The molecule has 2 aliphatic rings. The lowest BCUT2D eigenvalue weighted by molar-refractivity contribution is -0.143. The van der Waals surface area contributed by atoms with E-state index in [4.69, 9.17) is 10.5 Å². The van der Waals surface area contributed by atoms with Gasteiger partial charge < -0.3 is 20.3 Å². The number of nitrogens with zero attached hydrogens (tertiary/aromatic N) is 3. The third kappa shape index (κ3) is 3.58. The van der Waals surface area contributed by atoms with E-state index < -0.39 is 23.4 Å². The Balaban J connectivity index is 2.38. The molecule has 2 atom stereocenters. The monoisotopic (exact) mass is 354 g/mol. The molecule has 0 aromatic heterocycles. The van der Waals surface area contributed by atoms with Crippen LogP contribution in [0.4, 0.5) is 4.79 Å². The quantitative estimate of drug-likeness (QED) is 0.752. The highest BCUT2D eigenvalue weighted by Crippen LogP contribution is 2.32. The summed E-state index contributed by atoms with van der Waals surface area (Å²) in [5.74, 6) is -0.510. The van der Waals surface area contributed by atoms with E-state index in [2.05, 4.69) is 0 Å². The highest BCUT2D eigenvalue weighted by Gasteiger charge is 2.55. The first-order chi connectivity index (χ1) is 11.5. The van der Waals surface area contributed by atoms with Crippen LogP contribution in [0.2, 0.25) is 0 Å². The van der Waals surface area contributed by atoms with Crippen LogP contribution in [0.25, 0.3) is 0 Å². The molecule has 0 spiro atoms. The highest BCUT2D eigenvalue weighted by atomic mass is 16.6. The minimum Gasteiger partial charge on any atom is -0.444 e. The molecule has 8 heteroatoms. The fourth-order valence-corrected chi connectivity index (χ4v) is 3.47. The lowest BCUT2D eigenvalue weighted by Crippen LogP contribution is -2.67. The van der Waals surface area contributed by atoms with Crippen LogP contribution in [0.3, 0.4) is 0 Å². The maximum absolute atomic E-state index is 12.9. The number of likely N-dealkylation sites (tertiary alicyclic amines) is 2. The first-order valence-corrected chi connectivity index (χ1v) is 8.94. The number of rotatable bonds is 4. The number of carbonyl (C=O) groups excluding carboxylic acids is 3. The van der Waals surface area contributed by atoms with Crippen LogP contribution in [0.5, 0.6) is 0 Å². The van der Waals surface area contributed by atoms with Gasteiger partial charge in [-0.25, -0.2) is 4.79 Å². The molecule has 8 nitrogen and oxygen atoms in total. The zero-order chi connectivity index (χ0) is 19.0. The van der Waals surface area contributed by atoms with Crippen molar-refractivity contribution in [2.75, 3.05) is 26.2 Å². The largest absolute Gasteiger partial charge is 0.444 e. The predicted octanol–water partition coefficient (Wildman–Crippen LogP) is 0.752. The Morgan fingerprint density at radius 1 is 1.24 bits per heavy atom. The summed E-state index contributed by atoms with van der Waals surface area (Å²) < 4.78 is 5.49. The minimum absolute atomic E-state index is 0.180. The van der Waals surface area contributed by atoms with E-state index in [9.17, 15) is 14.4 Å². The molecule has 0 saturated carbocycles. The van der Waals surface area contributed by atoms with Crippen molar-refractivity contribution in [1.29, 1.82) is 0 Å². The van der Waals surface area contributed by atoms with E-state index in [1.54, 1.807) is 30.6 Å². The Bertz CT molecular complexity index is 559. The molecular weight excluding hydrogens is 324 g/mol. The van der Waals surface area contributed by atoms with Crippen molar-refractivity contribution in [2.24, 2.45) is 5.73 Å². The van der Waals surface area contributed by atoms with Crippen LogP contribution >= 0.6 is 0 Å². The average molecular weight is 354 g/mol. The van der Waals surface area contributed by atoms with Crippen LogP contribution in [0.15, 0.2) is 0 Å². The summed E-state index contributed by atoms with van der Waals surface area (Å²) in [5.41, 5.74) is 4.14. The zero-order valence-electron chi connectivity index (χ0n) is 15.9. The third-order valence-electron chi connectivity index (χ3n) is 4.78. The summed E-state index contributed by atoms with van der Waals surface area (Å²) in [7, 11) is 0. The number of carbonyl (C=O) groups is 3. The summed E-state index contributed by atoms with van der Waals surface area (Å²) in [5, 5.41) is 0. The normalized spacial score (nSPS) is 27.2. The summed E-state index contributed by atoms with van der Waals surface area (Å²) in [6.45, 7) is 11.1. The van der Waals surface area contributed by atoms with E-state index in [0.717, 1.165) is 0 Å². The highest BCUT2D eigenvalue weighted by molar-refractivity contribution is 5.95. The number of likely N-dealkylation sites (N-methyl/N-ethyl adjacent to an activating group) is 2. The van der Waals surface area contributed by atoms with E-state index in [0.29, 0.717) is 32.6 Å². The van der Waals surface area contributed by atoms with Crippen LogP contribution in [-0.4, -0.2) is 76.1 Å². The fourth-order valence-electron chi connectivity index (χ4n) is 3.47. The molecule has 0 unspecified atom stereocenters. The van der Waals surface area contributed by atoms with Crippen LogP contribution in [-0.2, 0) is 14.3 Å². The number of ether oxygens (including phenoxy) is 1. The summed E-state index contributed by atoms with van der Waals surface area (Å²) in [6.07, 6.45) is 0.0247. The maximum Gasteiger partial charge on any atom is 0.412 e. The predicted molar refractivity (Wildman–Crippen MR) is 92.5 cm³/mol. The Morgan fingerprint density at radius 3 is 2.28 bits per heavy atom. The standard InChI is InChI=1S/C17H30N4O4/c1-6-19-10-8-12(13(19)22)21(15(24)25-16(3,4)5)17(18)9-11-20(7-2)14(17)23/h12H,6-11,18H2,1-5H3/t12-,17-/m0/s1. The molecule has 0 aromatic rings. The molecule has 0 radical (unpaired) electrons. The molecule has 3 amide bonds. The second-order valence-electron chi connectivity index (χ2n) is 7.63. The van der Waals surface area contributed by atoms with Crippen LogP contribution in [0, 0.1) is 0 Å². The number of hydrogen-bond donors (Lipinski definition) is 1. The number of nitrogens with two attached hydrogens (primary N) is 1. The molecular formula is C17H30N4O4. The summed E-state index contributed by atoms with van der Waals surface area (Å²) >= 11 is 0. The Labute approximate surface area is 149 Å². The van der Waals surface area contributed by atoms with Gasteiger partial charge in [-0.3, -0.25) is 14.5 Å². The van der Waals surface area contributed by atoms with E-state index >= 15 is 0 Å². The zero-order valence-corrected chi connectivity index (χ0v) is 15.9. The molecule has 0 aliphatic carbocycles. The first kappa shape index (κ1) is 19.5. The van der Waals surface area contributed by atoms with Gasteiger partial charge in [0, 0.05) is 32.6 Å². The smallest absolute Gasteiger partial charge is 0.412 e. The van der Waals surface area contributed by atoms with Crippen molar-refractivity contribution in [3.63, 3.8) is 0 Å². The van der Waals surface area contributed by atoms with Crippen molar-refractivity contribution in [2.45, 2.75) is 64.8 Å². The molecule has 0 aromatic carbocycles. The van der Waals surface area contributed by atoms with E-state index in [1.807, 2.05) is 13.8 Å². The van der Waals surface area contributed by atoms with Gasteiger partial charge >= 0.3 is 6.09 Å². The van der Waals surface area contributed by atoms with Gasteiger partial charge in [0.2, 0.25) is 5.91 Å². The third-order valence-corrected chi connectivity index (χ3v) is 4.78. The van der Waals surface area contributed by atoms with Gasteiger partial charge in [0.15, 0.2) is 5.66 Å². The van der Waals surface area contributed by atoms with E-state index in [-0.39, 0.29) is 18.2 Å². The Hall–Kier alpha value is -1.83. The van der Waals surface area contributed by atoms with Crippen molar-refractivity contribution in [3.8, 4) is 0 Å². The van der Waals surface area contributed by atoms with Gasteiger partial charge in [-0.2, -0.15) is 0 Å². The van der Waals surface area contributed by atoms with Gasteiger partial charge in [-0.15, -0.1) is 0 Å². The molecule has 0 bridgehead atoms. The average Bonchev–Trinajstić information content (AvgIpc) is 3.00. The summed E-state index contributed by atoms with van der Waals surface area (Å²) in [4.78, 5) is 42.9. The van der Waals surface area contributed by atoms with Crippen LogP contribution in [0.1, 0.15) is 47.5 Å². The topological polar surface area (TPSA) is 96.2 Å². The fraction of sp³-hybridized carbons (Fsp3) is 0.824. The SMILES string of the molecule is CCN1CC[C@H](N(C(=O)OC(C)(C)C)[C@@]2(N)CCN(CC)C2=O)C1=O. The summed E-state index contributed by atoms with van der Waals surface area (Å²) in [6, 6.07) is -0.763. The molecule has 25 heavy (non-hydrogen) atoms. The lowest BCUT2D eigenvalue weighted by atomic mass is 10.0. The van der Waals surface area contributed by atoms with Gasteiger partial charge in [0.1, 0.15) is 11.6 Å². The van der Waals surface area contributed by atoms with Crippen molar-refractivity contribution >= 4 is 17.9 Å². The van der Waals surface area contributed by atoms with Gasteiger partial charge in [-0.05, 0) is 41.0 Å². The number of amides is 3. The first-order valence-electron chi connectivity index (χ1n) is 8.94. The number of hydrogen-bond acceptors (Lipinski definition) is 5. The molecule has 2 saturated heterocycles. The Kier molecular flexibility index (Phi) is 5.32. The van der Waals surface area contributed by atoms with Gasteiger partial charge in [-0.1, -0.05) is 0 Å². The van der Waals surface area contributed by atoms with Crippen molar-refractivity contribution in [1.82, 2.24) is 14.7 Å². The maximum atomic E-state index is 12.9. The second kappa shape index (κ2) is 6.82. The molecule has 2 fully saturated rings. The van der Waals surface area contributed by atoms with E-state index in [1.165, 1.54) is 4.90 Å². The van der Waals surface area contributed by atoms with Gasteiger partial charge in [0.25, 0.3) is 5.91 Å². The van der Waals surface area contributed by atoms with Gasteiger partial charge in [0.05, 0.1) is 0 Å². The lowest BCUT2D eigenvalue weighted by Gasteiger charge is -2.40.